The number of hydrogen-bond acceptors (Lipinski definition) is 3. The van der Waals surface area contributed by atoms with Crippen LogP contribution in [-0.4, -0.2) is 0 Å². The minimum absolute atomic E-state index is 0.0820. The van der Waals surface area contributed by atoms with Gasteiger partial charge in [0.1, 0.15) is 0 Å². The quantitative estimate of drug-likeness (QED) is 0.126. The van der Waals surface area contributed by atoms with E-state index in [4.69, 9.17) is 0 Å². The molecule has 0 spiro atoms. The van der Waals surface area contributed by atoms with Gasteiger partial charge in [-0.25, -0.2) is 0 Å². The maximum absolute atomic E-state index is 2.47. The van der Waals surface area contributed by atoms with Crippen molar-refractivity contribution < 1.29 is 0 Å². The molecule has 0 aromatic heterocycles. The smallest absolute Gasteiger partial charge is 0.0552 e. The first-order valence-electron chi connectivity index (χ1n) is 41.6. The van der Waals surface area contributed by atoms with E-state index in [1.165, 1.54) is 180 Å². The Kier molecular flexibility index (Phi) is 17.6. The molecule has 0 saturated heterocycles. The Morgan fingerprint density at radius 3 is 0.992 bits per heavy atom. The van der Waals surface area contributed by atoms with Crippen LogP contribution in [0.25, 0.3) is 152 Å². The zero-order valence-electron chi connectivity index (χ0n) is 66.6. The average Bonchev–Trinajstić information content (AvgIpc) is 1.46. The summed E-state index contributed by atoms with van der Waals surface area (Å²) in [7, 11) is 0. The summed E-state index contributed by atoms with van der Waals surface area (Å²) in [5.74, 6) is 0. The zero-order chi connectivity index (χ0) is 79.8. The highest BCUT2D eigenvalue weighted by Gasteiger charge is 2.36. The van der Waals surface area contributed by atoms with Crippen LogP contribution in [0.15, 0.2) is 455 Å². The molecule has 0 amide bonds. The maximum atomic E-state index is 2.47. The van der Waals surface area contributed by atoms with Crippen molar-refractivity contribution in [2.45, 2.75) is 19.3 Å². The number of rotatable bonds is 10. The van der Waals surface area contributed by atoms with E-state index >= 15 is 0 Å². The summed E-state index contributed by atoms with van der Waals surface area (Å²) in [5.41, 5.74) is 18.2. The molecule has 120 heavy (non-hydrogen) atoms. The van der Waals surface area contributed by atoms with Crippen molar-refractivity contribution in [3.8, 4) is 22.3 Å². The number of hydrogen-bond donors (Lipinski definition) is 0. The fraction of sp³-hybridized carbons (Fsp3) is 0.0256. The van der Waals surface area contributed by atoms with Crippen molar-refractivity contribution in [2.24, 2.45) is 0 Å². The highest BCUT2D eigenvalue weighted by atomic mass is 15.2. The topological polar surface area (TPSA) is 9.72 Å². The van der Waals surface area contributed by atoms with Crippen molar-refractivity contribution in [2.75, 3.05) is 14.7 Å². The van der Waals surface area contributed by atoms with E-state index in [0.717, 1.165) is 34.1 Å². The predicted molar refractivity (Wildman–Crippen MR) is 516 cm³/mol. The fourth-order valence-electron chi connectivity index (χ4n) is 19.4. The van der Waals surface area contributed by atoms with Gasteiger partial charge >= 0.3 is 0 Å². The lowest BCUT2D eigenvalue weighted by Gasteiger charge is -2.30. The summed E-state index contributed by atoms with van der Waals surface area (Å²) < 4.78 is 0. The molecular formula is C117H81N3. The third-order valence-corrected chi connectivity index (χ3v) is 25.0. The molecule has 0 fully saturated rings. The lowest BCUT2D eigenvalue weighted by atomic mass is 9.82. The predicted octanol–water partition coefficient (Wildman–Crippen LogP) is 33.3. The first kappa shape index (κ1) is 71.1. The van der Waals surface area contributed by atoms with Crippen molar-refractivity contribution in [1.82, 2.24) is 0 Å². The van der Waals surface area contributed by atoms with E-state index in [9.17, 15) is 0 Å². The second kappa shape index (κ2) is 29.7. The zero-order valence-corrected chi connectivity index (χ0v) is 66.6. The Hall–Kier alpha value is -15.4. The molecule has 1 aliphatic carbocycles. The van der Waals surface area contributed by atoms with Crippen molar-refractivity contribution in [3.63, 3.8) is 0 Å². The van der Waals surface area contributed by atoms with E-state index < -0.39 is 0 Å². The van der Waals surface area contributed by atoms with Crippen LogP contribution in [0.5, 0.6) is 0 Å². The molecule has 0 heterocycles. The molecule has 0 saturated carbocycles. The van der Waals surface area contributed by atoms with Gasteiger partial charge < -0.3 is 14.7 Å². The van der Waals surface area contributed by atoms with Gasteiger partial charge in [-0.2, -0.15) is 0 Å². The molecule has 0 radical (unpaired) electrons. The van der Waals surface area contributed by atoms with Crippen molar-refractivity contribution >= 4 is 180 Å². The van der Waals surface area contributed by atoms with Crippen LogP contribution in [0, 0.1) is 0 Å². The van der Waals surface area contributed by atoms with Crippen LogP contribution in [0.2, 0.25) is 0 Å². The van der Waals surface area contributed by atoms with Crippen LogP contribution in [0.1, 0.15) is 25.0 Å². The van der Waals surface area contributed by atoms with Gasteiger partial charge in [0.05, 0.1) is 11.4 Å². The molecule has 3 nitrogen and oxygen atoms in total. The first-order valence-corrected chi connectivity index (χ1v) is 41.6. The van der Waals surface area contributed by atoms with E-state index in [2.05, 4.69) is 484 Å². The number of fused-ring (bicyclic) bond motifs is 24. The van der Waals surface area contributed by atoms with Gasteiger partial charge in [-0.15, -0.1) is 0 Å². The fourth-order valence-corrected chi connectivity index (χ4v) is 19.4. The SMILES string of the molecule is CC1(C)c2ccccc2-c2ccc(N(c3ccccc3)c3cc4ccc5ccccc5c4c4ccc5ccccc5c34)cc21.c1ccc(-c2ccc(N(c3ccccc3)c3cc4ccc5ccccc5c4c4ccc5ccccc5c34)cc2)cc1.c1ccc(N(c2ccccc2)c2ccc3c(ccc4ccc5c6ccccc6ccc5c43)c2)cc1. The molecule has 0 atom stereocenters. The summed E-state index contributed by atoms with van der Waals surface area (Å²) in [6.07, 6.45) is 0. The highest BCUT2D eigenvalue weighted by molar-refractivity contribution is 6.31. The molecule has 0 bridgehead atoms. The van der Waals surface area contributed by atoms with E-state index in [1.54, 1.807) is 0 Å². The number of benzene rings is 23. The maximum Gasteiger partial charge on any atom is 0.0552 e. The largest absolute Gasteiger partial charge is 0.310 e. The van der Waals surface area contributed by atoms with Crippen LogP contribution in [0.4, 0.5) is 51.2 Å². The summed E-state index contributed by atoms with van der Waals surface area (Å²) in [6.45, 7) is 4.72. The Balaban J connectivity index is 0.000000109. The summed E-state index contributed by atoms with van der Waals surface area (Å²) in [6, 6.07) is 165. The van der Waals surface area contributed by atoms with Crippen molar-refractivity contribution in [1.29, 1.82) is 0 Å². The second-order valence-corrected chi connectivity index (χ2v) is 32.2. The lowest BCUT2D eigenvalue weighted by Crippen LogP contribution is -2.16. The van der Waals surface area contributed by atoms with Crippen molar-refractivity contribution in [3.05, 3.63) is 466 Å². The molecular weight excluding hydrogens is 1450 g/mol. The normalized spacial score (nSPS) is 12.2. The first-order chi connectivity index (χ1) is 59.3. The van der Waals surface area contributed by atoms with Gasteiger partial charge in [0.25, 0.3) is 0 Å². The molecule has 1 aliphatic rings. The lowest BCUT2D eigenvalue weighted by molar-refractivity contribution is 0.660. The molecule has 564 valence electrons. The molecule has 0 unspecified atom stereocenters. The minimum Gasteiger partial charge on any atom is -0.310 e. The second-order valence-electron chi connectivity index (χ2n) is 32.2. The Morgan fingerprint density at radius 1 is 0.158 bits per heavy atom. The Labute approximate surface area is 698 Å². The summed E-state index contributed by atoms with van der Waals surface area (Å²) in [5, 5.41) is 30.7. The van der Waals surface area contributed by atoms with Crippen LogP contribution in [-0.2, 0) is 5.41 Å². The molecule has 24 rings (SSSR count). The third-order valence-electron chi connectivity index (χ3n) is 25.0. The van der Waals surface area contributed by atoms with Gasteiger partial charge in [0.2, 0.25) is 0 Å². The molecule has 23 aromatic rings. The number of para-hydroxylation sites is 4. The average molecular weight is 1530 g/mol. The van der Waals surface area contributed by atoms with E-state index in [1.807, 2.05) is 0 Å². The minimum atomic E-state index is -0.0820. The summed E-state index contributed by atoms with van der Waals surface area (Å²) >= 11 is 0. The number of anilines is 9. The van der Waals surface area contributed by atoms with Crippen LogP contribution >= 0.6 is 0 Å². The Morgan fingerprint density at radius 2 is 0.467 bits per heavy atom. The molecule has 0 N–H and O–H groups in total. The van der Waals surface area contributed by atoms with Gasteiger partial charge in [-0.05, 0) is 249 Å². The standard InChI is InChI=1S/C43H31N.C40H27N.C34H23N/c1-43(2)38-19-11-10-18-35(38)36-25-23-32(27-39(36)43)44(31-14-4-3-5-15-31)40-26-30-21-20-28-12-6-8-16-33(28)41(30)37-24-22-29-13-7-9-17-34(29)42(37)40;1-3-11-28(12-4-1)29-21-24-34(25-22-29)41(33-15-5-2-6-16-33)38-27-32-20-19-30-13-7-9-17-35(30)39(32)37-26-23-31-14-8-10-18-36(31)40(37)38;1-3-10-27(11-4-1)35(28-12-5-2-6-13-28)29-19-22-31-26(23-29)16-15-25-18-20-32-30-14-8-7-9-24(30)17-21-33(32)34(25)31/h3-27H,1-2H3;1-27H;1-23H. The highest BCUT2D eigenvalue weighted by Crippen LogP contribution is 2.54. The number of nitrogens with zero attached hydrogens (tertiary/aromatic N) is 3. The molecule has 23 aromatic carbocycles. The van der Waals surface area contributed by atoms with E-state index in [-0.39, 0.29) is 5.41 Å². The molecule has 0 aliphatic heterocycles. The van der Waals surface area contributed by atoms with E-state index in [0.29, 0.717) is 0 Å². The van der Waals surface area contributed by atoms with Gasteiger partial charge in [-0.3, -0.25) is 0 Å². The summed E-state index contributed by atoms with van der Waals surface area (Å²) in [4.78, 5) is 7.21. The Bertz CT molecular complexity index is 7880. The van der Waals surface area contributed by atoms with Crippen LogP contribution < -0.4 is 14.7 Å². The monoisotopic (exact) mass is 1530 g/mol. The van der Waals surface area contributed by atoms with Gasteiger partial charge in [0.15, 0.2) is 0 Å². The third kappa shape index (κ3) is 12.3. The molecule has 3 heteroatoms. The van der Waals surface area contributed by atoms with Crippen LogP contribution in [0.3, 0.4) is 0 Å². The van der Waals surface area contributed by atoms with Gasteiger partial charge in [0, 0.05) is 56.0 Å². The van der Waals surface area contributed by atoms with Gasteiger partial charge in [-0.1, -0.05) is 372 Å².